The van der Waals surface area contributed by atoms with Crippen LogP contribution >= 0.6 is 39.1 Å². The van der Waals surface area contributed by atoms with E-state index in [-0.39, 0.29) is 21.1 Å². The number of benzene rings is 1. The summed E-state index contributed by atoms with van der Waals surface area (Å²) in [6.07, 6.45) is 1.91. The fraction of sp³-hybridized carbons (Fsp3) is 0.455. The predicted octanol–water partition coefficient (Wildman–Crippen LogP) is 3.94. The van der Waals surface area contributed by atoms with Crippen LogP contribution in [0.15, 0.2) is 23.1 Å². The average Bonchev–Trinajstić information content (AvgIpc) is 3.02. The topological polar surface area (TPSA) is 34.1 Å². The van der Waals surface area contributed by atoms with Crippen LogP contribution in [-0.4, -0.2) is 19.5 Å². The molecule has 0 saturated heterocycles. The quantitative estimate of drug-likeness (QED) is 0.764. The zero-order valence-corrected chi connectivity index (χ0v) is 12.8. The highest BCUT2D eigenvalue weighted by atomic mass is 79.9. The maximum Gasteiger partial charge on any atom is 0.179 e. The largest absolute Gasteiger partial charge is 0.224 e. The molecule has 6 heteroatoms. The summed E-state index contributed by atoms with van der Waals surface area (Å²) in [6.45, 7) is 0. The van der Waals surface area contributed by atoms with Crippen LogP contribution in [0.5, 0.6) is 0 Å². The molecule has 1 aliphatic rings. The van der Waals surface area contributed by atoms with E-state index in [9.17, 15) is 8.42 Å². The zero-order valence-electron chi connectivity index (χ0n) is 8.92. The molecule has 1 saturated carbocycles. The van der Waals surface area contributed by atoms with Crippen molar-refractivity contribution in [2.75, 3.05) is 11.1 Å². The molecule has 0 aromatic heterocycles. The first kappa shape index (κ1) is 13.7. The number of hydrogen-bond acceptors (Lipinski definition) is 2. The molecule has 2 nitrogen and oxygen atoms in total. The summed E-state index contributed by atoms with van der Waals surface area (Å²) in [6, 6.07) is 4.45. The molecule has 0 aliphatic heterocycles. The summed E-state index contributed by atoms with van der Waals surface area (Å²) in [5, 5.41) is 1.37. The summed E-state index contributed by atoms with van der Waals surface area (Å²) in [7, 11) is -3.28. The van der Waals surface area contributed by atoms with E-state index in [4.69, 9.17) is 23.2 Å². The minimum Gasteiger partial charge on any atom is -0.224 e. The highest BCUT2D eigenvalue weighted by Gasteiger charge is 2.45. The SMILES string of the molecule is O=S(=O)(CC1(CBr)CC1)c1ccc(Cl)c(Cl)c1. The van der Waals surface area contributed by atoms with Crippen molar-refractivity contribution in [3.05, 3.63) is 28.2 Å². The molecule has 0 atom stereocenters. The summed E-state index contributed by atoms with van der Waals surface area (Å²) < 4.78 is 24.4. The van der Waals surface area contributed by atoms with Crippen LogP contribution in [-0.2, 0) is 9.84 Å². The highest BCUT2D eigenvalue weighted by molar-refractivity contribution is 9.09. The predicted molar refractivity (Wildman–Crippen MR) is 74.0 cm³/mol. The Kier molecular flexibility index (Phi) is 3.79. The Morgan fingerprint density at radius 3 is 2.35 bits per heavy atom. The van der Waals surface area contributed by atoms with Gasteiger partial charge in [-0.25, -0.2) is 8.42 Å². The van der Waals surface area contributed by atoms with Crippen molar-refractivity contribution in [1.29, 1.82) is 0 Å². The first-order valence-corrected chi connectivity index (χ1v) is 8.65. The summed E-state index contributed by atoms with van der Waals surface area (Å²) in [5.41, 5.74) is -0.0784. The van der Waals surface area contributed by atoms with Crippen molar-refractivity contribution in [2.24, 2.45) is 5.41 Å². The van der Waals surface area contributed by atoms with Crippen LogP contribution in [0.1, 0.15) is 12.8 Å². The summed E-state index contributed by atoms with van der Waals surface area (Å²) in [4.78, 5) is 0.249. The number of alkyl halides is 1. The Labute approximate surface area is 119 Å². The lowest BCUT2D eigenvalue weighted by molar-refractivity contribution is 0.572. The Morgan fingerprint density at radius 1 is 1.24 bits per heavy atom. The second kappa shape index (κ2) is 4.72. The highest BCUT2D eigenvalue weighted by Crippen LogP contribution is 2.49. The van der Waals surface area contributed by atoms with Crippen molar-refractivity contribution in [1.82, 2.24) is 0 Å². The normalized spacial score (nSPS) is 18.1. The fourth-order valence-corrected chi connectivity index (χ4v) is 4.97. The van der Waals surface area contributed by atoms with Crippen molar-refractivity contribution < 1.29 is 8.42 Å². The number of sulfone groups is 1. The van der Waals surface area contributed by atoms with E-state index in [0.717, 1.165) is 18.2 Å². The summed E-state index contributed by atoms with van der Waals surface area (Å²) >= 11 is 15.0. The van der Waals surface area contributed by atoms with E-state index >= 15 is 0 Å². The van der Waals surface area contributed by atoms with Gasteiger partial charge in [-0.15, -0.1) is 0 Å². The van der Waals surface area contributed by atoms with Gasteiger partial charge in [0.2, 0.25) is 0 Å². The van der Waals surface area contributed by atoms with Crippen molar-refractivity contribution in [3.8, 4) is 0 Å². The first-order chi connectivity index (χ1) is 7.88. The molecular formula is C11H11BrCl2O2S. The van der Waals surface area contributed by atoms with Crippen LogP contribution in [0, 0.1) is 5.41 Å². The smallest absolute Gasteiger partial charge is 0.179 e. The molecule has 2 rings (SSSR count). The lowest BCUT2D eigenvalue weighted by Crippen LogP contribution is -2.18. The van der Waals surface area contributed by atoms with Crippen molar-refractivity contribution in [2.45, 2.75) is 17.7 Å². The van der Waals surface area contributed by atoms with Gasteiger partial charge in [0.15, 0.2) is 9.84 Å². The standard InChI is InChI=1S/C11H11BrCl2O2S/c12-6-11(3-4-11)7-17(15,16)8-1-2-9(13)10(14)5-8/h1-2,5H,3-4,6-7H2. The molecule has 1 aromatic rings. The van der Waals surface area contributed by atoms with Gasteiger partial charge >= 0.3 is 0 Å². The van der Waals surface area contributed by atoms with Gasteiger partial charge in [0.1, 0.15) is 0 Å². The van der Waals surface area contributed by atoms with Gasteiger partial charge in [0, 0.05) is 5.33 Å². The van der Waals surface area contributed by atoms with Crippen molar-refractivity contribution >= 4 is 49.0 Å². The first-order valence-electron chi connectivity index (χ1n) is 5.12. The third-order valence-electron chi connectivity index (χ3n) is 2.99. The molecule has 94 valence electrons. The average molecular weight is 358 g/mol. The van der Waals surface area contributed by atoms with Gasteiger partial charge in [-0.05, 0) is 36.5 Å². The molecule has 17 heavy (non-hydrogen) atoms. The van der Waals surface area contributed by atoms with E-state index in [1.807, 2.05) is 0 Å². The number of halogens is 3. The Balaban J connectivity index is 2.29. The zero-order chi connectivity index (χ0) is 12.7. The molecule has 0 spiro atoms. The fourth-order valence-electron chi connectivity index (χ4n) is 1.65. The van der Waals surface area contributed by atoms with E-state index in [0.29, 0.717) is 5.02 Å². The molecule has 0 N–H and O–H groups in total. The number of rotatable bonds is 4. The van der Waals surface area contributed by atoms with Gasteiger partial charge in [-0.1, -0.05) is 39.1 Å². The third-order valence-corrected chi connectivity index (χ3v) is 6.88. The molecule has 0 radical (unpaired) electrons. The molecule has 0 bridgehead atoms. The van der Waals surface area contributed by atoms with E-state index in [2.05, 4.69) is 15.9 Å². The van der Waals surface area contributed by atoms with Gasteiger partial charge in [-0.2, -0.15) is 0 Å². The monoisotopic (exact) mass is 356 g/mol. The minimum atomic E-state index is -3.28. The molecule has 0 heterocycles. The Hall–Kier alpha value is 0.230. The Bertz CT molecular complexity index is 538. The molecular weight excluding hydrogens is 347 g/mol. The summed E-state index contributed by atoms with van der Waals surface area (Å²) in [5.74, 6) is 0.170. The maximum absolute atomic E-state index is 12.2. The van der Waals surface area contributed by atoms with Gasteiger partial charge < -0.3 is 0 Å². The minimum absolute atomic E-state index is 0.0784. The molecule has 0 amide bonds. The lowest BCUT2D eigenvalue weighted by Gasteiger charge is -2.12. The van der Waals surface area contributed by atoms with Crippen LogP contribution in [0.4, 0.5) is 0 Å². The van der Waals surface area contributed by atoms with Crippen LogP contribution in [0.3, 0.4) is 0 Å². The number of hydrogen-bond donors (Lipinski definition) is 0. The van der Waals surface area contributed by atoms with Crippen LogP contribution < -0.4 is 0 Å². The van der Waals surface area contributed by atoms with E-state index < -0.39 is 9.84 Å². The maximum atomic E-state index is 12.2. The second-order valence-electron chi connectivity index (χ2n) is 4.47. The Morgan fingerprint density at radius 2 is 1.88 bits per heavy atom. The molecule has 1 aromatic carbocycles. The van der Waals surface area contributed by atoms with E-state index in [1.165, 1.54) is 18.2 Å². The second-order valence-corrected chi connectivity index (χ2v) is 7.83. The van der Waals surface area contributed by atoms with Crippen LogP contribution in [0.2, 0.25) is 10.0 Å². The molecule has 0 unspecified atom stereocenters. The van der Waals surface area contributed by atoms with Crippen molar-refractivity contribution in [3.63, 3.8) is 0 Å². The van der Waals surface area contributed by atoms with Gasteiger partial charge in [0.05, 0.1) is 20.7 Å². The van der Waals surface area contributed by atoms with E-state index in [1.54, 1.807) is 0 Å². The molecule has 1 aliphatic carbocycles. The van der Waals surface area contributed by atoms with Gasteiger partial charge in [-0.3, -0.25) is 0 Å². The molecule has 1 fully saturated rings. The van der Waals surface area contributed by atoms with Crippen LogP contribution in [0.25, 0.3) is 0 Å². The lowest BCUT2D eigenvalue weighted by atomic mass is 10.2. The third kappa shape index (κ3) is 2.98. The van der Waals surface area contributed by atoms with Gasteiger partial charge in [0.25, 0.3) is 0 Å².